The lowest BCUT2D eigenvalue weighted by Gasteiger charge is -2.04. The number of hydrogen-bond acceptors (Lipinski definition) is 4. The Labute approximate surface area is 139 Å². The number of para-hydroxylation sites is 1. The number of aromatic amines is 1. The summed E-state index contributed by atoms with van der Waals surface area (Å²) in [7, 11) is 1.36. The number of nitrogens with zero attached hydrogens (tertiary/aromatic N) is 1. The molecule has 0 spiro atoms. The minimum absolute atomic E-state index is 0.399. The molecule has 0 bridgehead atoms. The lowest BCUT2D eigenvalue weighted by atomic mass is 10.2. The number of carbonyl (C=O) groups is 1. The van der Waals surface area contributed by atoms with Gasteiger partial charge in [0.05, 0.1) is 24.8 Å². The number of benzene rings is 2. The van der Waals surface area contributed by atoms with Gasteiger partial charge in [-0.15, -0.1) is 6.58 Å². The van der Waals surface area contributed by atoms with Gasteiger partial charge in [-0.05, 0) is 42.8 Å². The van der Waals surface area contributed by atoms with E-state index in [0.29, 0.717) is 23.5 Å². The van der Waals surface area contributed by atoms with E-state index in [9.17, 15) is 4.79 Å². The van der Waals surface area contributed by atoms with Gasteiger partial charge < -0.3 is 14.5 Å². The van der Waals surface area contributed by atoms with E-state index >= 15 is 0 Å². The summed E-state index contributed by atoms with van der Waals surface area (Å²) >= 11 is 0. The Hall–Kier alpha value is -3.08. The zero-order valence-corrected chi connectivity index (χ0v) is 13.4. The standard InChI is InChI=1S/C19H18N2O3/c1-3-4-12-24-14-10-8-13(9-11-14)18-20-16-7-5-6-15(17(16)21-18)19(22)23-2/h3,5-11H,1,4,12H2,2H3,(H,20,21). The summed E-state index contributed by atoms with van der Waals surface area (Å²) in [5, 5.41) is 0. The minimum Gasteiger partial charge on any atom is -0.493 e. The van der Waals surface area contributed by atoms with Crippen molar-refractivity contribution < 1.29 is 14.3 Å². The van der Waals surface area contributed by atoms with Crippen molar-refractivity contribution >= 4 is 17.0 Å². The fourth-order valence-corrected chi connectivity index (χ4v) is 2.41. The molecule has 0 aliphatic carbocycles. The predicted octanol–water partition coefficient (Wildman–Crippen LogP) is 3.97. The molecule has 2 aromatic carbocycles. The SMILES string of the molecule is C=CCCOc1ccc(-c2nc3c(C(=O)OC)cccc3[nH]2)cc1. The third kappa shape index (κ3) is 3.15. The maximum Gasteiger partial charge on any atom is 0.340 e. The van der Waals surface area contributed by atoms with Crippen molar-refractivity contribution in [3.8, 4) is 17.1 Å². The molecule has 0 aliphatic rings. The van der Waals surface area contributed by atoms with E-state index in [-0.39, 0.29) is 0 Å². The molecular formula is C19H18N2O3. The molecule has 0 amide bonds. The van der Waals surface area contributed by atoms with Crippen LogP contribution in [0.25, 0.3) is 22.4 Å². The number of nitrogens with one attached hydrogen (secondary N) is 1. The molecule has 0 unspecified atom stereocenters. The smallest absolute Gasteiger partial charge is 0.340 e. The molecule has 1 aromatic heterocycles. The normalized spacial score (nSPS) is 10.5. The zero-order valence-electron chi connectivity index (χ0n) is 13.4. The monoisotopic (exact) mass is 322 g/mol. The molecule has 3 aromatic rings. The molecule has 0 atom stereocenters. The molecule has 5 nitrogen and oxygen atoms in total. The van der Waals surface area contributed by atoms with Gasteiger partial charge in [0, 0.05) is 5.56 Å². The van der Waals surface area contributed by atoms with Crippen LogP contribution in [-0.2, 0) is 4.74 Å². The number of aromatic nitrogens is 2. The van der Waals surface area contributed by atoms with Gasteiger partial charge in [0.1, 0.15) is 17.1 Å². The van der Waals surface area contributed by atoms with Crippen molar-refractivity contribution in [2.45, 2.75) is 6.42 Å². The second kappa shape index (κ2) is 7.00. The van der Waals surface area contributed by atoms with Crippen molar-refractivity contribution in [3.63, 3.8) is 0 Å². The molecule has 0 aliphatic heterocycles. The average Bonchev–Trinajstić information content (AvgIpc) is 3.06. The van der Waals surface area contributed by atoms with E-state index in [1.807, 2.05) is 36.4 Å². The van der Waals surface area contributed by atoms with E-state index in [1.54, 1.807) is 12.1 Å². The van der Waals surface area contributed by atoms with Crippen LogP contribution in [0.4, 0.5) is 0 Å². The summed E-state index contributed by atoms with van der Waals surface area (Å²) in [5.41, 5.74) is 2.75. The molecule has 1 heterocycles. The number of imidazole rings is 1. The molecule has 3 rings (SSSR count). The molecule has 0 saturated heterocycles. The fourth-order valence-electron chi connectivity index (χ4n) is 2.41. The topological polar surface area (TPSA) is 64.2 Å². The van der Waals surface area contributed by atoms with Crippen molar-refractivity contribution in [3.05, 3.63) is 60.7 Å². The summed E-state index contributed by atoms with van der Waals surface area (Å²) in [5.74, 6) is 1.09. The summed E-state index contributed by atoms with van der Waals surface area (Å²) < 4.78 is 10.4. The maximum atomic E-state index is 11.8. The minimum atomic E-state index is -0.399. The number of H-pyrrole nitrogens is 1. The Kier molecular flexibility index (Phi) is 4.61. The van der Waals surface area contributed by atoms with Crippen LogP contribution in [-0.4, -0.2) is 29.7 Å². The van der Waals surface area contributed by atoms with Gasteiger partial charge in [-0.25, -0.2) is 9.78 Å². The van der Waals surface area contributed by atoms with Crippen molar-refractivity contribution in [1.82, 2.24) is 9.97 Å². The van der Waals surface area contributed by atoms with E-state index in [0.717, 1.165) is 23.3 Å². The summed E-state index contributed by atoms with van der Waals surface area (Å²) in [6.07, 6.45) is 2.63. The van der Waals surface area contributed by atoms with Crippen LogP contribution in [0.3, 0.4) is 0 Å². The highest BCUT2D eigenvalue weighted by Gasteiger charge is 2.14. The number of hydrogen-bond donors (Lipinski definition) is 1. The molecule has 0 fully saturated rings. The first-order valence-corrected chi connectivity index (χ1v) is 7.64. The number of rotatable bonds is 6. The van der Waals surface area contributed by atoms with Gasteiger partial charge in [-0.1, -0.05) is 12.1 Å². The Balaban J connectivity index is 1.89. The van der Waals surface area contributed by atoms with Crippen molar-refractivity contribution in [2.75, 3.05) is 13.7 Å². The van der Waals surface area contributed by atoms with E-state index in [1.165, 1.54) is 7.11 Å². The van der Waals surface area contributed by atoms with Gasteiger partial charge in [0.2, 0.25) is 0 Å². The van der Waals surface area contributed by atoms with Gasteiger partial charge in [0.15, 0.2) is 0 Å². The second-order valence-corrected chi connectivity index (χ2v) is 5.23. The Bertz CT molecular complexity index is 866. The van der Waals surface area contributed by atoms with Gasteiger partial charge in [-0.2, -0.15) is 0 Å². The third-order valence-electron chi connectivity index (χ3n) is 3.64. The maximum absolute atomic E-state index is 11.8. The van der Waals surface area contributed by atoms with Gasteiger partial charge >= 0.3 is 5.97 Å². The molecule has 0 saturated carbocycles. The third-order valence-corrected chi connectivity index (χ3v) is 3.64. The Morgan fingerprint density at radius 3 is 2.75 bits per heavy atom. The first-order valence-electron chi connectivity index (χ1n) is 7.64. The van der Waals surface area contributed by atoms with Crippen molar-refractivity contribution in [2.24, 2.45) is 0 Å². The van der Waals surface area contributed by atoms with Crippen LogP contribution in [0.5, 0.6) is 5.75 Å². The number of methoxy groups -OCH3 is 1. The van der Waals surface area contributed by atoms with Crippen LogP contribution >= 0.6 is 0 Å². The zero-order chi connectivity index (χ0) is 16.9. The molecular weight excluding hydrogens is 304 g/mol. The lowest BCUT2D eigenvalue weighted by Crippen LogP contribution is -2.01. The second-order valence-electron chi connectivity index (χ2n) is 5.23. The first-order chi connectivity index (χ1) is 11.7. The number of ether oxygens (including phenoxy) is 2. The highest BCUT2D eigenvalue weighted by molar-refractivity contribution is 6.02. The highest BCUT2D eigenvalue weighted by atomic mass is 16.5. The van der Waals surface area contributed by atoms with Crippen LogP contribution in [0, 0.1) is 0 Å². The fraction of sp³-hybridized carbons (Fsp3) is 0.158. The van der Waals surface area contributed by atoms with Crippen LogP contribution in [0.15, 0.2) is 55.1 Å². The van der Waals surface area contributed by atoms with Gasteiger partial charge in [0.25, 0.3) is 0 Å². The highest BCUT2D eigenvalue weighted by Crippen LogP contribution is 2.25. The Morgan fingerprint density at radius 2 is 2.04 bits per heavy atom. The summed E-state index contributed by atoms with van der Waals surface area (Å²) in [6, 6.07) is 13.0. The van der Waals surface area contributed by atoms with E-state index in [2.05, 4.69) is 16.5 Å². The van der Waals surface area contributed by atoms with E-state index < -0.39 is 5.97 Å². The van der Waals surface area contributed by atoms with Crippen molar-refractivity contribution in [1.29, 1.82) is 0 Å². The summed E-state index contributed by atoms with van der Waals surface area (Å²) in [6.45, 7) is 4.27. The number of esters is 1. The van der Waals surface area contributed by atoms with Crippen LogP contribution < -0.4 is 4.74 Å². The van der Waals surface area contributed by atoms with Crippen LogP contribution in [0.2, 0.25) is 0 Å². The first kappa shape index (κ1) is 15.8. The molecule has 24 heavy (non-hydrogen) atoms. The molecule has 122 valence electrons. The van der Waals surface area contributed by atoms with E-state index in [4.69, 9.17) is 9.47 Å². The quantitative estimate of drug-likeness (QED) is 0.424. The molecule has 0 radical (unpaired) electrons. The molecule has 5 heteroatoms. The lowest BCUT2D eigenvalue weighted by molar-refractivity contribution is 0.0603. The Morgan fingerprint density at radius 1 is 1.25 bits per heavy atom. The van der Waals surface area contributed by atoms with Crippen LogP contribution in [0.1, 0.15) is 16.8 Å². The number of carbonyl (C=O) groups excluding carboxylic acids is 1. The molecule has 1 N–H and O–H groups in total. The average molecular weight is 322 g/mol. The number of fused-ring (bicyclic) bond motifs is 1. The summed E-state index contributed by atoms with van der Waals surface area (Å²) in [4.78, 5) is 19.6. The van der Waals surface area contributed by atoms with Gasteiger partial charge in [-0.3, -0.25) is 0 Å². The predicted molar refractivity (Wildman–Crippen MR) is 93.2 cm³/mol. The largest absolute Gasteiger partial charge is 0.493 e.